The molecule has 0 aliphatic heterocycles. The number of ether oxygens (including phenoxy) is 1. The summed E-state index contributed by atoms with van der Waals surface area (Å²) in [4.78, 5) is 10.7. The van der Waals surface area contributed by atoms with Crippen molar-refractivity contribution in [3.63, 3.8) is 0 Å². The zero-order valence-corrected chi connectivity index (χ0v) is 9.80. The maximum Gasteiger partial charge on any atom is 0.378 e. The molecule has 14 heavy (non-hydrogen) atoms. The Balaban J connectivity index is 0.00000169. The maximum absolute atomic E-state index is 10.7. The number of hydrogen-bond acceptors (Lipinski definition) is 2. The van der Waals surface area contributed by atoms with E-state index in [0.717, 1.165) is 0 Å². The van der Waals surface area contributed by atoms with Crippen molar-refractivity contribution in [1.82, 2.24) is 4.57 Å². The highest BCUT2D eigenvalue weighted by atomic mass is 79.9. The first-order valence-corrected chi connectivity index (χ1v) is 4.02. The van der Waals surface area contributed by atoms with Crippen LogP contribution in [-0.4, -0.2) is 22.2 Å². The Morgan fingerprint density at radius 3 is 2.71 bits per heavy atom. The first kappa shape index (κ1) is 13.1. The van der Waals surface area contributed by atoms with Crippen molar-refractivity contribution in [2.45, 2.75) is 13.2 Å². The molecule has 5 nitrogen and oxygen atoms in total. The molecule has 0 radical (unpaired) electrons. The second-order valence-corrected chi connectivity index (χ2v) is 2.67. The van der Waals surface area contributed by atoms with E-state index in [1.807, 2.05) is 7.05 Å². The van der Waals surface area contributed by atoms with Crippen LogP contribution in [0.25, 0.3) is 0 Å². The number of halogens is 1. The molecule has 1 rings (SSSR count). The van der Waals surface area contributed by atoms with E-state index < -0.39 is 12.2 Å². The number of rotatable bonds is 4. The minimum Gasteiger partial charge on any atom is -0.476 e. The van der Waals surface area contributed by atoms with Crippen LogP contribution < -0.4 is 4.57 Å². The van der Waals surface area contributed by atoms with Crippen molar-refractivity contribution in [1.29, 1.82) is 0 Å². The van der Waals surface area contributed by atoms with E-state index in [4.69, 9.17) is 9.84 Å². The summed E-state index contributed by atoms with van der Waals surface area (Å²) >= 11 is 0. The largest absolute Gasteiger partial charge is 0.476 e. The number of carboxylic acids is 1. The highest BCUT2D eigenvalue weighted by Gasteiger charge is 2.24. The molecule has 1 N–H and O–H groups in total. The van der Waals surface area contributed by atoms with Gasteiger partial charge in [-0.2, -0.15) is 4.57 Å². The number of carbonyl (C=O) groups is 1. The maximum atomic E-state index is 10.7. The number of aryl methyl sites for hydroxylation is 1. The Morgan fingerprint density at radius 1 is 1.71 bits per heavy atom. The van der Waals surface area contributed by atoms with Gasteiger partial charge in [0.05, 0.1) is 7.05 Å². The van der Waals surface area contributed by atoms with Crippen molar-refractivity contribution < 1.29 is 19.2 Å². The molecular formula is C8H14BrN2O3+. The molecule has 0 fully saturated rings. The Kier molecular flexibility index (Phi) is 5.40. The lowest BCUT2D eigenvalue weighted by Crippen LogP contribution is -2.44. The molecule has 0 aromatic carbocycles. The van der Waals surface area contributed by atoms with Crippen molar-refractivity contribution in [2.24, 2.45) is 7.05 Å². The van der Waals surface area contributed by atoms with Gasteiger partial charge in [0, 0.05) is 6.61 Å². The molecule has 0 saturated carbocycles. The van der Waals surface area contributed by atoms with Crippen molar-refractivity contribution in [2.75, 3.05) is 6.61 Å². The van der Waals surface area contributed by atoms with Gasteiger partial charge in [-0.3, -0.25) is 0 Å². The van der Waals surface area contributed by atoms with Crippen molar-refractivity contribution in [3.8, 4) is 0 Å². The molecule has 1 aromatic heterocycles. The number of aromatic nitrogens is 2. The topological polar surface area (TPSA) is 55.3 Å². The van der Waals surface area contributed by atoms with Gasteiger partial charge in [0.25, 0.3) is 0 Å². The lowest BCUT2D eigenvalue weighted by atomic mass is 10.5. The first-order chi connectivity index (χ1) is 6.15. The summed E-state index contributed by atoms with van der Waals surface area (Å²) in [6.45, 7) is 2.14. The molecule has 1 heterocycles. The van der Waals surface area contributed by atoms with Gasteiger partial charge >= 0.3 is 12.2 Å². The third kappa shape index (κ3) is 3.12. The van der Waals surface area contributed by atoms with E-state index >= 15 is 0 Å². The molecular weight excluding hydrogens is 252 g/mol. The molecule has 0 aliphatic rings. The van der Waals surface area contributed by atoms with Gasteiger partial charge in [0.1, 0.15) is 12.4 Å². The fourth-order valence-electron chi connectivity index (χ4n) is 1.05. The number of aliphatic carboxylic acids is 1. The first-order valence-electron chi connectivity index (χ1n) is 4.02. The molecule has 0 aliphatic carbocycles. The van der Waals surface area contributed by atoms with Gasteiger partial charge in [0.15, 0.2) is 0 Å². The fourth-order valence-corrected chi connectivity index (χ4v) is 1.05. The van der Waals surface area contributed by atoms with Gasteiger partial charge < -0.3 is 9.84 Å². The third-order valence-corrected chi connectivity index (χ3v) is 1.60. The predicted octanol–water partition coefficient (Wildman–Crippen LogP) is 0.510. The summed E-state index contributed by atoms with van der Waals surface area (Å²) in [6, 6.07) is 0. The highest BCUT2D eigenvalue weighted by Crippen LogP contribution is 1.98. The van der Waals surface area contributed by atoms with Gasteiger partial charge in [0.2, 0.25) is 6.33 Å². The second kappa shape index (κ2) is 5.77. The summed E-state index contributed by atoms with van der Waals surface area (Å²) in [5.41, 5.74) is 0. The van der Waals surface area contributed by atoms with Crippen LogP contribution >= 0.6 is 17.0 Å². The SMILES string of the molecule is Br.CCOC(C(=O)O)[n+]1ccn(C)c1. The average Bonchev–Trinajstić information content (AvgIpc) is 2.46. The Labute approximate surface area is 92.7 Å². The van der Waals surface area contributed by atoms with Crippen LogP contribution in [0.5, 0.6) is 0 Å². The van der Waals surface area contributed by atoms with Crippen LogP contribution in [0.3, 0.4) is 0 Å². The molecule has 0 spiro atoms. The third-order valence-electron chi connectivity index (χ3n) is 1.60. The molecule has 0 amide bonds. The lowest BCUT2D eigenvalue weighted by molar-refractivity contribution is -0.747. The zero-order valence-electron chi connectivity index (χ0n) is 8.08. The van der Waals surface area contributed by atoms with E-state index in [2.05, 4.69) is 0 Å². The minimum atomic E-state index is -0.988. The van der Waals surface area contributed by atoms with Gasteiger partial charge in [-0.15, -0.1) is 17.0 Å². The van der Waals surface area contributed by atoms with Crippen LogP contribution in [0.2, 0.25) is 0 Å². The van der Waals surface area contributed by atoms with Crippen LogP contribution in [-0.2, 0) is 16.6 Å². The van der Waals surface area contributed by atoms with Gasteiger partial charge in [-0.05, 0) is 6.92 Å². The van der Waals surface area contributed by atoms with Crippen molar-refractivity contribution >= 4 is 23.0 Å². The van der Waals surface area contributed by atoms with Crippen LogP contribution in [0.15, 0.2) is 18.7 Å². The molecule has 0 bridgehead atoms. The fraction of sp³-hybridized carbons (Fsp3) is 0.500. The highest BCUT2D eigenvalue weighted by molar-refractivity contribution is 8.93. The van der Waals surface area contributed by atoms with E-state index in [-0.39, 0.29) is 17.0 Å². The number of carboxylic acid groups (broad SMARTS) is 1. The molecule has 1 aromatic rings. The minimum absolute atomic E-state index is 0. The van der Waals surface area contributed by atoms with E-state index in [9.17, 15) is 4.79 Å². The number of nitrogens with zero attached hydrogens (tertiary/aromatic N) is 2. The summed E-state index contributed by atoms with van der Waals surface area (Å²) in [7, 11) is 1.82. The van der Waals surface area contributed by atoms with E-state index in [1.54, 1.807) is 30.2 Å². The van der Waals surface area contributed by atoms with Crippen LogP contribution in [0, 0.1) is 0 Å². The molecule has 80 valence electrons. The van der Waals surface area contributed by atoms with Crippen molar-refractivity contribution in [3.05, 3.63) is 18.7 Å². The van der Waals surface area contributed by atoms with Gasteiger partial charge in [-0.25, -0.2) is 9.36 Å². The Morgan fingerprint density at radius 2 is 2.36 bits per heavy atom. The van der Waals surface area contributed by atoms with E-state index in [1.165, 1.54) is 4.57 Å². The molecule has 6 heteroatoms. The molecule has 1 unspecified atom stereocenters. The standard InChI is InChI=1S/C8H12N2O3.BrH/c1-3-13-7(8(11)12)10-5-4-9(2)6-10;/h4-7H,3H2,1-2H3;1H/p+1. The zero-order chi connectivity index (χ0) is 9.84. The number of hydrogen-bond donors (Lipinski definition) is 1. The van der Waals surface area contributed by atoms with Crippen LogP contribution in [0.4, 0.5) is 0 Å². The monoisotopic (exact) mass is 265 g/mol. The summed E-state index contributed by atoms with van der Waals surface area (Å²) in [6.07, 6.45) is 4.16. The Bertz CT molecular complexity index is 301. The quantitative estimate of drug-likeness (QED) is 0.808. The Hall–Kier alpha value is -0.880. The van der Waals surface area contributed by atoms with Crippen LogP contribution in [0.1, 0.15) is 13.2 Å². The number of imidazole rings is 1. The molecule has 0 saturated heterocycles. The summed E-state index contributed by atoms with van der Waals surface area (Å²) < 4.78 is 8.32. The smallest absolute Gasteiger partial charge is 0.378 e. The normalized spacial score (nSPS) is 11.9. The summed E-state index contributed by atoms with van der Waals surface area (Å²) in [5, 5.41) is 8.81. The second-order valence-electron chi connectivity index (χ2n) is 2.67. The molecule has 1 atom stereocenters. The predicted molar refractivity (Wildman–Crippen MR) is 54.2 cm³/mol. The average molecular weight is 266 g/mol. The summed E-state index contributed by atoms with van der Waals surface area (Å²) in [5.74, 6) is -0.988. The van der Waals surface area contributed by atoms with Gasteiger partial charge in [-0.1, -0.05) is 0 Å². The lowest BCUT2D eigenvalue weighted by Gasteiger charge is -2.07. The van der Waals surface area contributed by atoms with E-state index in [0.29, 0.717) is 6.61 Å².